The first-order chi connectivity index (χ1) is 15.0. The van der Waals surface area contributed by atoms with Crippen LogP contribution in [0.1, 0.15) is 35.7 Å². The summed E-state index contributed by atoms with van der Waals surface area (Å²) in [5, 5.41) is 1.08. The molecule has 3 aromatic carbocycles. The zero-order valence-corrected chi connectivity index (χ0v) is 19.6. The van der Waals surface area contributed by atoms with Crippen LogP contribution in [0.25, 0.3) is 16.6 Å². The Hall–Kier alpha value is -2.70. The highest BCUT2D eigenvalue weighted by molar-refractivity contribution is 9.10. The third-order valence-electron chi connectivity index (χ3n) is 5.04. The van der Waals surface area contributed by atoms with Gasteiger partial charge in [0.15, 0.2) is 10.9 Å². The molecule has 0 spiro atoms. The number of halogens is 1. The average molecular weight is 493 g/mol. The van der Waals surface area contributed by atoms with Gasteiger partial charge in [0.2, 0.25) is 0 Å². The number of hydrogen-bond donors (Lipinski definition) is 0. The number of aromatic nitrogens is 2. The number of benzene rings is 3. The second-order valence-corrected chi connectivity index (χ2v) is 9.34. The largest absolute Gasteiger partial charge is 0.293 e. The average Bonchev–Trinajstić information content (AvgIpc) is 2.78. The van der Waals surface area contributed by atoms with E-state index in [9.17, 15) is 9.59 Å². The Morgan fingerprint density at radius 3 is 2.42 bits per heavy atom. The smallest absolute Gasteiger partial charge is 0.266 e. The number of hydrogen-bond acceptors (Lipinski definition) is 4. The molecule has 0 saturated heterocycles. The van der Waals surface area contributed by atoms with Crippen LogP contribution in [0.5, 0.6) is 0 Å². The number of rotatable bonds is 6. The lowest BCUT2D eigenvalue weighted by Gasteiger charge is -2.18. The Balaban J connectivity index is 1.81. The lowest BCUT2D eigenvalue weighted by atomic mass is 10.0. The molecule has 4 rings (SSSR count). The maximum Gasteiger partial charge on any atom is 0.266 e. The minimum absolute atomic E-state index is 0.0106. The summed E-state index contributed by atoms with van der Waals surface area (Å²) in [5.74, 6) is 0.413. The third kappa shape index (κ3) is 4.50. The first kappa shape index (κ1) is 21.5. The highest BCUT2D eigenvalue weighted by Gasteiger charge is 2.18. The molecule has 0 bridgehead atoms. The lowest BCUT2D eigenvalue weighted by Crippen LogP contribution is -2.23. The fourth-order valence-electron chi connectivity index (χ4n) is 3.45. The molecule has 0 radical (unpaired) electrons. The van der Waals surface area contributed by atoms with Crippen molar-refractivity contribution in [2.45, 2.75) is 24.9 Å². The number of thioether (sulfide) groups is 1. The van der Waals surface area contributed by atoms with E-state index in [4.69, 9.17) is 4.98 Å². The molecule has 0 amide bonds. The predicted molar refractivity (Wildman–Crippen MR) is 131 cm³/mol. The summed E-state index contributed by atoms with van der Waals surface area (Å²) in [6.07, 6.45) is 0. The fraction of sp³-hybridized carbons (Fsp3) is 0.160. The molecular weight excluding hydrogens is 472 g/mol. The zero-order chi connectivity index (χ0) is 22.0. The maximum absolute atomic E-state index is 13.5. The van der Waals surface area contributed by atoms with Gasteiger partial charge in [-0.25, -0.2) is 4.98 Å². The van der Waals surface area contributed by atoms with Crippen LogP contribution in [0, 0.1) is 0 Å². The van der Waals surface area contributed by atoms with E-state index in [1.807, 2.05) is 54.6 Å². The topological polar surface area (TPSA) is 52.0 Å². The van der Waals surface area contributed by atoms with Crippen molar-refractivity contribution in [3.63, 3.8) is 0 Å². The van der Waals surface area contributed by atoms with Crippen molar-refractivity contribution in [3.05, 3.63) is 98.7 Å². The molecule has 0 atom stereocenters. The summed E-state index contributed by atoms with van der Waals surface area (Å²) in [4.78, 5) is 31.0. The summed E-state index contributed by atoms with van der Waals surface area (Å²) in [6.45, 7) is 4.20. The van der Waals surface area contributed by atoms with Gasteiger partial charge in [0.1, 0.15) is 0 Å². The van der Waals surface area contributed by atoms with E-state index in [0.717, 1.165) is 15.7 Å². The Morgan fingerprint density at radius 2 is 1.68 bits per heavy atom. The normalized spacial score (nSPS) is 11.2. The van der Waals surface area contributed by atoms with E-state index in [1.165, 1.54) is 11.8 Å². The summed E-state index contributed by atoms with van der Waals surface area (Å²) in [7, 11) is 0. The molecule has 156 valence electrons. The molecule has 0 aliphatic heterocycles. The van der Waals surface area contributed by atoms with Gasteiger partial charge >= 0.3 is 0 Å². The molecule has 1 heterocycles. The van der Waals surface area contributed by atoms with Crippen molar-refractivity contribution >= 4 is 44.4 Å². The van der Waals surface area contributed by atoms with Crippen molar-refractivity contribution in [1.29, 1.82) is 0 Å². The van der Waals surface area contributed by atoms with Gasteiger partial charge in [-0.05, 0) is 41.8 Å². The second-order valence-electron chi connectivity index (χ2n) is 7.48. The van der Waals surface area contributed by atoms with Crippen molar-refractivity contribution < 1.29 is 4.79 Å². The fourth-order valence-corrected chi connectivity index (χ4v) is 4.61. The Labute approximate surface area is 193 Å². The highest BCUT2D eigenvalue weighted by Crippen LogP contribution is 2.27. The van der Waals surface area contributed by atoms with Crippen LogP contribution >= 0.6 is 27.7 Å². The van der Waals surface area contributed by atoms with Gasteiger partial charge in [-0.1, -0.05) is 84.0 Å². The van der Waals surface area contributed by atoms with Crippen LogP contribution < -0.4 is 5.56 Å². The molecule has 6 heteroatoms. The standard InChI is InChI=1S/C25H21BrN2O2S/c1-16(2)19-7-4-6-10-22(19)28-24(30)20-8-3-5-9-21(20)27-25(28)31-15-23(29)17-11-13-18(26)14-12-17/h3-14,16H,15H2,1-2H3. The molecule has 1 aromatic heterocycles. The summed E-state index contributed by atoms with van der Waals surface area (Å²) in [5.41, 5.74) is 3.00. The minimum atomic E-state index is -0.128. The van der Waals surface area contributed by atoms with Crippen LogP contribution in [0.3, 0.4) is 0 Å². The summed E-state index contributed by atoms with van der Waals surface area (Å²) >= 11 is 4.68. The number of Topliss-reactive ketones (excluding diaryl/α,β-unsaturated/α-hetero) is 1. The lowest BCUT2D eigenvalue weighted by molar-refractivity contribution is 0.102. The monoisotopic (exact) mass is 492 g/mol. The van der Waals surface area contributed by atoms with Crippen LogP contribution in [-0.4, -0.2) is 21.1 Å². The zero-order valence-electron chi connectivity index (χ0n) is 17.2. The first-order valence-corrected chi connectivity index (χ1v) is 11.8. The number of fused-ring (bicyclic) bond motifs is 1. The van der Waals surface area contributed by atoms with Crippen molar-refractivity contribution in [1.82, 2.24) is 9.55 Å². The van der Waals surface area contributed by atoms with E-state index >= 15 is 0 Å². The molecule has 4 aromatic rings. The van der Waals surface area contributed by atoms with E-state index in [-0.39, 0.29) is 23.0 Å². The Bertz CT molecular complexity index is 1310. The molecule has 0 aliphatic carbocycles. The summed E-state index contributed by atoms with van der Waals surface area (Å²) in [6, 6.07) is 22.5. The highest BCUT2D eigenvalue weighted by atomic mass is 79.9. The maximum atomic E-state index is 13.5. The SMILES string of the molecule is CC(C)c1ccccc1-n1c(SCC(=O)c2ccc(Br)cc2)nc2ccccc2c1=O. The molecule has 0 aliphatic rings. The first-order valence-electron chi connectivity index (χ1n) is 9.98. The second kappa shape index (κ2) is 9.20. The molecule has 0 fully saturated rings. The van der Waals surface area contributed by atoms with Gasteiger partial charge in [-0.15, -0.1) is 0 Å². The molecule has 0 N–H and O–H groups in total. The van der Waals surface area contributed by atoms with Gasteiger partial charge in [0, 0.05) is 10.0 Å². The number of carbonyl (C=O) groups is 1. The number of carbonyl (C=O) groups excluding carboxylic acids is 1. The van der Waals surface area contributed by atoms with Crippen LogP contribution in [0.4, 0.5) is 0 Å². The quantitative estimate of drug-likeness (QED) is 0.181. The van der Waals surface area contributed by atoms with Crippen molar-refractivity contribution in [2.75, 3.05) is 5.75 Å². The third-order valence-corrected chi connectivity index (χ3v) is 6.51. The van der Waals surface area contributed by atoms with Gasteiger partial charge in [-0.3, -0.25) is 14.2 Å². The predicted octanol–water partition coefficient (Wildman–Crippen LogP) is 6.25. The molecule has 0 saturated carbocycles. The van der Waals surface area contributed by atoms with Crippen LogP contribution in [0.2, 0.25) is 0 Å². The van der Waals surface area contributed by atoms with E-state index < -0.39 is 0 Å². The van der Waals surface area contributed by atoms with Gasteiger partial charge < -0.3 is 0 Å². The Kier molecular flexibility index (Phi) is 6.39. The number of nitrogens with zero attached hydrogens (tertiary/aromatic N) is 2. The number of ketones is 1. The Morgan fingerprint density at radius 1 is 1.00 bits per heavy atom. The summed E-state index contributed by atoms with van der Waals surface area (Å²) < 4.78 is 2.57. The molecule has 31 heavy (non-hydrogen) atoms. The van der Waals surface area contributed by atoms with Gasteiger partial charge in [-0.2, -0.15) is 0 Å². The van der Waals surface area contributed by atoms with Crippen LogP contribution in [0.15, 0.2) is 87.2 Å². The molecule has 0 unspecified atom stereocenters. The van der Waals surface area contributed by atoms with E-state index in [2.05, 4.69) is 29.8 Å². The van der Waals surface area contributed by atoms with Gasteiger partial charge in [0.05, 0.1) is 22.3 Å². The van der Waals surface area contributed by atoms with E-state index in [1.54, 1.807) is 22.8 Å². The molecular formula is C25H21BrN2O2S. The number of para-hydroxylation sites is 2. The molecule has 4 nitrogen and oxygen atoms in total. The minimum Gasteiger partial charge on any atom is -0.293 e. The van der Waals surface area contributed by atoms with Gasteiger partial charge in [0.25, 0.3) is 5.56 Å². The van der Waals surface area contributed by atoms with E-state index in [0.29, 0.717) is 21.6 Å². The van der Waals surface area contributed by atoms with Crippen LogP contribution in [-0.2, 0) is 0 Å². The van der Waals surface area contributed by atoms with Crippen molar-refractivity contribution in [3.8, 4) is 5.69 Å². The van der Waals surface area contributed by atoms with Crippen molar-refractivity contribution in [2.24, 2.45) is 0 Å².